The number of pyridine rings is 1. The van der Waals surface area contributed by atoms with E-state index < -0.39 is 0 Å². The number of carbonyl (C=O) groups excluding carboxylic acids is 1. The van der Waals surface area contributed by atoms with E-state index in [9.17, 15) is 4.79 Å². The summed E-state index contributed by atoms with van der Waals surface area (Å²) in [5, 5.41) is 3.93. The van der Waals surface area contributed by atoms with Crippen LogP contribution in [-0.4, -0.2) is 23.7 Å². The molecule has 0 radical (unpaired) electrons. The molecule has 5 nitrogen and oxygen atoms in total. The summed E-state index contributed by atoms with van der Waals surface area (Å²) < 4.78 is 5.65. The zero-order chi connectivity index (χ0) is 19.7. The Balaban J connectivity index is 1.15. The van der Waals surface area contributed by atoms with E-state index in [1.54, 1.807) is 18.6 Å². The van der Waals surface area contributed by atoms with Crippen molar-refractivity contribution in [2.45, 2.75) is 43.9 Å². The quantitative estimate of drug-likeness (QED) is 0.598. The molecule has 0 spiro atoms. The summed E-state index contributed by atoms with van der Waals surface area (Å²) >= 11 is 0. The Kier molecular flexibility index (Phi) is 4.82. The van der Waals surface area contributed by atoms with Crippen LogP contribution >= 0.6 is 0 Å². The summed E-state index contributed by atoms with van der Waals surface area (Å²) in [5.74, 6) is 3.26. The van der Waals surface area contributed by atoms with Gasteiger partial charge in [0.2, 0.25) is 0 Å². The first-order valence-electron chi connectivity index (χ1n) is 10.6. The maximum atomic E-state index is 11.9. The minimum absolute atomic E-state index is 0.0545. The number of aromatic nitrogens is 1. The average Bonchev–Trinajstić information content (AvgIpc) is 2.72. The molecule has 2 aromatic rings. The Bertz CT molecular complexity index is 857. The molecule has 150 valence electrons. The Labute approximate surface area is 171 Å². The van der Waals surface area contributed by atoms with E-state index in [-0.39, 0.29) is 12.5 Å². The number of hydrogen-bond acceptors (Lipinski definition) is 4. The highest BCUT2D eigenvalue weighted by Gasteiger charge is 2.51. The predicted molar refractivity (Wildman–Crippen MR) is 112 cm³/mol. The van der Waals surface area contributed by atoms with Crippen molar-refractivity contribution in [1.82, 2.24) is 10.4 Å². The highest BCUT2D eigenvalue weighted by atomic mass is 16.5. The number of nitrogens with one attached hydrogen (secondary N) is 1. The average molecular weight is 389 g/mol. The van der Waals surface area contributed by atoms with Gasteiger partial charge in [-0.25, -0.2) is 5.43 Å². The highest BCUT2D eigenvalue weighted by molar-refractivity contribution is 5.82. The summed E-state index contributed by atoms with van der Waals surface area (Å²) in [4.78, 5) is 15.9. The van der Waals surface area contributed by atoms with Crippen molar-refractivity contribution in [1.29, 1.82) is 0 Å². The van der Waals surface area contributed by atoms with E-state index in [1.807, 2.05) is 24.3 Å². The van der Waals surface area contributed by atoms with Gasteiger partial charge in [-0.1, -0.05) is 18.2 Å². The normalized spacial score (nSPS) is 29.9. The minimum Gasteiger partial charge on any atom is -0.484 e. The van der Waals surface area contributed by atoms with Crippen molar-refractivity contribution >= 4 is 12.1 Å². The zero-order valence-electron chi connectivity index (χ0n) is 16.6. The topological polar surface area (TPSA) is 63.6 Å². The largest absolute Gasteiger partial charge is 0.484 e. The number of carbonyl (C=O) groups is 1. The number of benzene rings is 1. The number of hydrazone groups is 1. The summed E-state index contributed by atoms with van der Waals surface area (Å²) in [7, 11) is 0. The lowest BCUT2D eigenvalue weighted by molar-refractivity contribution is -0.123. The predicted octanol–water partition coefficient (Wildman–Crippen LogP) is 4.08. The van der Waals surface area contributed by atoms with Gasteiger partial charge in [-0.2, -0.15) is 5.10 Å². The second-order valence-corrected chi connectivity index (χ2v) is 9.09. The Hall–Kier alpha value is -2.69. The van der Waals surface area contributed by atoms with Crippen LogP contribution in [0.4, 0.5) is 0 Å². The van der Waals surface area contributed by atoms with Gasteiger partial charge in [0.25, 0.3) is 5.91 Å². The molecule has 4 aliphatic carbocycles. The molecule has 1 amide bonds. The molecule has 1 aromatic carbocycles. The molecule has 4 aliphatic rings. The zero-order valence-corrected chi connectivity index (χ0v) is 16.6. The second-order valence-electron chi connectivity index (χ2n) is 9.09. The van der Waals surface area contributed by atoms with Crippen LogP contribution in [0.25, 0.3) is 0 Å². The molecule has 0 saturated heterocycles. The van der Waals surface area contributed by atoms with Crippen LogP contribution in [0.1, 0.15) is 49.7 Å². The van der Waals surface area contributed by atoms with Gasteiger partial charge in [0.05, 0.1) is 6.21 Å². The summed E-state index contributed by atoms with van der Waals surface area (Å²) in [6, 6.07) is 12.2. The maximum absolute atomic E-state index is 11.9. The van der Waals surface area contributed by atoms with Crippen LogP contribution in [0, 0.1) is 17.8 Å². The Morgan fingerprint density at radius 1 is 1.10 bits per heavy atom. The number of rotatable bonds is 6. The molecule has 4 saturated carbocycles. The Morgan fingerprint density at radius 3 is 2.41 bits per heavy atom. The molecule has 1 N–H and O–H groups in total. The van der Waals surface area contributed by atoms with Gasteiger partial charge in [0, 0.05) is 18.0 Å². The molecule has 1 heterocycles. The van der Waals surface area contributed by atoms with E-state index in [2.05, 4.69) is 27.6 Å². The molecular weight excluding hydrogens is 362 g/mol. The van der Waals surface area contributed by atoms with Gasteiger partial charge < -0.3 is 4.74 Å². The Morgan fingerprint density at radius 2 is 1.79 bits per heavy atom. The van der Waals surface area contributed by atoms with E-state index in [1.165, 1.54) is 44.1 Å². The first-order chi connectivity index (χ1) is 14.2. The number of nitrogens with zero attached hydrogens (tertiary/aromatic N) is 2. The van der Waals surface area contributed by atoms with Gasteiger partial charge >= 0.3 is 0 Å². The van der Waals surface area contributed by atoms with Crippen LogP contribution in [-0.2, 0) is 10.2 Å². The lowest BCUT2D eigenvalue weighted by Gasteiger charge is -2.57. The number of amides is 1. The van der Waals surface area contributed by atoms with Gasteiger partial charge in [0.15, 0.2) is 6.61 Å². The van der Waals surface area contributed by atoms with E-state index in [4.69, 9.17) is 4.74 Å². The fourth-order valence-electron chi connectivity index (χ4n) is 6.18. The van der Waals surface area contributed by atoms with Gasteiger partial charge in [0.1, 0.15) is 5.75 Å². The van der Waals surface area contributed by atoms with Crippen LogP contribution in [0.3, 0.4) is 0 Å². The smallest absolute Gasteiger partial charge is 0.277 e. The monoisotopic (exact) mass is 389 g/mol. The van der Waals surface area contributed by atoms with Crippen molar-refractivity contribution in [2.75, 3.05) is 6.61 Å². The molecule has 4 bridgehead atoms. The van der Waals surface area contributed by atoms with Crippen LogP contribution < -0.4 is 10.2 Å². The maximum Gasteiger partial charge on any atom is 0.277 e. The van der Waals surface area contributed by atoms with Gasteiger partial charge in [-0.05, 0) is 85.5 Å². The van der Waals surface area contributed by atoms with E-state index >= 15 is 0 Å². The third-order valence-electron chi connectivity index (χ3n) is 6.96. The molecule has 5 heteroatoms. The van der Waals surface area contributed by atoms with Gasteiger partial charge in [-0.15, -0.1) is 0 Å². The van der Waals surface area contributed by atoms with Crippen molar-refractivity contribution in [3.05, 3.63) is 59.9 Å². The highest BCUT2D eigenvalue weighted by Crippen LogP contribution is 2.60. The lowest BCUT2D eigenvalue weighted by Crippen LogP contribution is -2.48. The standard InChI is InChI=1S/C24H27N3O2/c28-23(27-26-15-17-2-1-7-25-14-17)16-29-22-5-3-21(4-6-22)24-11-18-8-19(12-24)10-20(9-18)13-24/h1-7,14-15,18-20H,8-13,16H2,(H,27,28)/b26-15-. The first-order valence-corrected chi connectivity index (χ1v) is 10.6. The molecule has 0 unspecified atom stereocenters. The van der Waals surface area contributed by atoms with Crippen molar-refractivity contribution in [3.63, 3.8) is 0 Å². The van der Waals surface area contributed by atoms with Crippen LogP contribution in [0.15, 0.2) is 53.9 Å². The first kappa shape index (κ1) is 18.3. The molecule has 4 fully saturated rings. The van der Waals surface area contributed by atoms with E-state index in [0.717, 1.165) is 29.1 Å². The van der Waals surface area contributed by atoms with Crippen LogP contribution in [0.5, 0.6) is 5.75 Å². The molecule has 0 aliphatic heterocycles. The van der Waals surface area contributed by atoms with Gasteiger partial charge in [-0.3, -0.25) is 9.78 Å². The minimum atomic E-state index is -0.282. The van der Waals surface area contributed by atoms with Crippen molar-refractivity contribution < 1.29 is 9.53 Å². The van der Waals surface area contributed by atoms with Crippen molar-refractivity contribution in [2.24, 2.45) is 22.9 Å². The summed E-state index contributed by atoms with van der Waals surface area (Å²) in [6.45, 7) is -0.0545. The molecule has 0 atom stereocenters. The van der Waals surface area contributed by atoms with Crippen molar-refractivity contribution in [3.8, 4) is 5.75 Å². The lowest BCUT2D eigenvalue weighted by atomic mass is 9.48. The fraction of sp³-hybridized carbons (Fsp3) is 0.458. The number of hydrogen-bond donors (Lipinski definition) is 1. The summed E-state index contributed by atoms with van der Waals surface area (Å²) in [5.41, 5.74) is 5.17. The molecule has 6 rings (SSSR count). The third-order valence-corrected chi connectivity index (χ3v) is 6.96. The second kappa shape index (κ2) is 7.62. The SMILES string of the molecule is O=C(COc1ccc(C23CC4CC(CC(C4)C2)C3)cc1)N/N=C\c1cccnc1. The number of ether oxygens (including phenoxy) is 1. The third kappa shape index (κ3) is 3.91. The van der Waals surface area contributed by atoms with E-state index in [0.29, 0.717) is 5.41 Å². The molecule has 29 heavy (non-hydrogen) atoms. The summed E-state index contributed by atoms with van der Waals surface area (Å²) in [6.07, 6.45) is 13.4. The van der Waals surface area contributed by atoms with Crippen LogP contribution in [0.2, 0.25) is 0 Å². The molecular formula is C24H27N3O2. The fourth-order valence-corrected chi connectivity index (χ4v) is 6.18. The molecule has 1 aromatic heterocycles.